The van der Waals surface area contributed by atoms with Crippen molar-refractivity contribution in [2.24, 2.45) is 11.8 Å². The summed E-state index contributed by atoms with van der Waals surface area (Å²) in [6.45, 7) is 16.9. The van der Waals surface area contributed by atoms with Gasteiger partial charge in [-0.05, 0) is 77.0 Å². The second-order valence-corrected chi connectivity index (χ2v) is 12.5. The molecule has 7 nitrogen and oxygen atoms in total. The normalized spacial score (nSPS) is 18.2. The van der Waals surface area contributed by atoms with Gasteiger partial charge in [-0.2, -0.15) is 0 Å². The first kappa shape index (κ1) is 30.5. The van der Waals surface area contributed by atoms with E-state index in [4.69, 9.17) is 16.3 Å². The third-order valence-corrected chi connectivity index (χ3v) is 7.16. The molecule has 0 saturated heterocycles. The Morgan fingerprint density at radius 2 is 1.64 bits per heavy atom. The highest BCUT2D eigenvalue weighted by molar-refractivity contribution is 6.34. The van der Waals surface area contributed by atoms with Crippen LogP contribution in [0.1, 0.15) is 76.3 Å². The van der Waals surface area contributed by atoms with Crippen LogP contribution in [-0.4, -0.2) is 40.5 Å². The lowest BCUT2D eigenvalue weighted by molar-refractivity contribution is -0.142. The van der Waals surface area contributed by atoms with E-state index >= 15 is 0 Å². The second-order valence-electron chi connectivity index (χ2n) is 12.1. The van der Waals surface area contributed by atoms with Crippen LogP contribution in [0.5, 0.6) is 0 Å². The topological polar surface area (TPSA) is 87.7 Å². The van der Waals surface area contributed by atoms with Gasteiger partial charge in [0, 0.05) is 6.04 Å². The van der Waals surface area contributed by atoms with Gasteiger partial charge in [0.25, 0.3) is 5.91 Å². The number of anilines is 1. The fraction of sp³-hybridized carbons (Fsp3) is 0.516. The molecule has 1 aliphatic carbocycles. The van der Waals surface area contributed by atoms with Gasteiger partial charge >= 0.3 is 6.09 Å². The number of nitrogens with zero attached hydrogens (tertiary/aromatic N) is 1. The molecule has 0 spiro atoms. The number of nitrogens with one attached hydrogen (secondary N) is 2. The third kappa shape index (κ3) is 7.75. The molecule has 3 rings (SSSR count). The van der Waals surface area contributed by atoms with E-state index in [1.54, 1.807) is 31.7 Å². The molecule has 3 amide bonds. The maximum Gasteiger partial charge on any atom is 0.408 e. The number of aryl methyl sites for hydroxylation is 3. The summed E-state index contributed by atoms with van der Waals surface area (Å²) in [6, 6.07) is 9.38. The van der Waals surface area contributed by atoms with Crippen molar-refractivity contribution in [1.82, 2.24) is 10.2 Å². The summed E-state index contributed by atoms with van der Waals surface area (Å²) in [5.74, 6) is -0.703. The Kier molecular flexibility index (Phi) is 9.37. The zero-order valence-electron chi connectivity index (χ0n) is 24.5. The smallest absolute Gasteiger partial charge is 0.408 e. The number of rotatable bonds is 8. The average molecular weight is 556 g/mol. The quantitative estimate of drug-likeness (QED) is 0.378. The van der Waals surface area contributed by atoms with E-state index in [2.05, 4.69) is 17.6 Å². The van der Waals surface area contributed by atoms with Crippen LogP contribution in [0.4, 0.5) is 10.5 Å². The average Bonchev–Trinajstić information content (AvgIpc) is 3.51. The van der Waals surface area contributed by atoms with E-state index in [1.165, 1.54) is 0 Å². The van der Waals surface area contributed by atoms with Crippen LogP contribution in [0.3, 0.4) is 0 Å². The molecule has 0 aromatic heterocycles. The summed E-state index contributed by atoms with van der Waals surface area (Å²) in [7, 11) is 0. The fourth-order valence-corrected chi connectivity index (χ4v) is 5.14. The number of alkyl carbamates (subject to hydrolysis) is 1. The number of carbonyl (C=O) groups excluding carboxylic acids is 3. The van der Waals surface area contributed by atoms with Gasteiger partial charge in [-0.25, -0.2) is 4.79 Å². The number of hydrogen-bond acceptors (Lipinski definition) is 4. The lowest BCUT2D eigenvalue weighted by atomic mass is 9.96. The Balaban J connectivity index is 2.09. The van der Waals surface area contributed by atoms with E-state index in [0.29, 0.717) is 16.3 Å². The fourth-order valence-electron chi connectivity index (χ4n) is 4.87. The van der Waals surface area contributed by atoms with Gasteiger partial charge in [0.2, 0.25) is 5.91 Å². The molecule has 8 heteroatoms. The number of ether oxygens (including phenoxy) is 1. The molecule has 0 heterocycles. The summed E-state index contributed by atoms with van der Waals surface area (Å²) in [5, 5.41) is 6.22. The van der Waals surface area contributed by atoms with Crippen LogP contribution in [0.2, 0.25) is 5.02 Å². The van der Waals surface area contributed by atoms with Gasteiger partial charge in [-0.15, -0.1) is 0 Å². The van der Waals surface area contributed by atoms with E-state index in [9.17, 15) is 14.4 Å². The maximum absolute atomic E-state index is 14.3. The van der Waals surface area contributed by atoms with Gasteiger partial charge in [-0.3, -0.25) is 9.59 Å². The molecule has 0 radical (unpaired) electrons. The first-order valence-corrected chi connectivity index (χ1v) is 13.9. The molecular formula is C31H42ClN3O4. The summed E-state index contributed by atoms with van der Waals surface area (Å²) >= 11 is 6.46. The molecule has 0 bridgehead atoms. The van der Waals surface area contributed by atoms with Gasteiger partial charge in [-0.1, -0.05) is 73.8 Å². The van der Waals surface area contributed by atoms with Crippen molar-refractivity contribution >= 4 is 35.2 Å². The van der Waals surface area contributed by atoms with Crippen LogP contribution in [0.25, 0.3) is 0 Å². The molecule has 4 atom stereocenters. The number of halogens is 1. The molecule has 1 fully saturated rings. The molecule has 2 aromatic carbocycles. The Bertz CT molecular complexity index is 1200. The highest BCUT2D eigenvalue weighted by Gasteiger charge is 2.48. The van der Waals surface area contributed by atoms with Crippen molar-refractivity contribution in [3.63, 3.8) is 0 Å². The zero-order chi connectivity index (χ0) is 29.2. The lowest BCUT2D eigenvalue weighted by Gasteiger charge is -2.36. The monoisotopic (exact) mass is 555 g/mol. The van der Waals surface area contributed by atoms with E-state index < -0.39 is 23.8 Å². The summed E-state index contributed by atoms with van der Waals surface area (Å²) in [5.41, 5.74) is 3.30. The van der Waals surface area contributed by atoms with Gasteiger partial charge in [0.1, 0.15) is 17.7 Å². The van der Waals surface area contributed by atoms with Crippen molar-refractivity contribution in [3.8, 4) is 0 Å². The molecule has 212 valence electrons. The number of hydrogen-bond donors (Lipinski definition) is 2. The predicted molar refractivity (Wildman–Crippen MR) is 156 cm³/mol. The van der Waals surface area contributed by atoms with Crippen LogP contribution < -0.4 is 10.6 Å². The van der Waals surface area contributed by atoms with Gasteiger partial charge < -0.3 is 20.3 Å². The number of carbonyl (C=O) groups is 3. The zero-order valence-corrected chi connectivity index (χ0v) is 25.3. The Labute approximate surface area is 237 Å². The Morgan fingerprint density at radius 3 is 2.13 bits per heavy atom. The van der Waals surface area contributed by atoms with Crippen LogP contribution in [-0.2, 0) is 14.3 Å². The molecule has 4 unspecified atom stereocenters. The number of amides is 3. The Hall–Kier alpha value is -3.06. The first-order valence-electron chi connectivity index (χ1n) is 13.5. The van der Waals surface area contributed by atoms with E-state index in [0.717, 1.165) is 23.1 Å². The van der Waals surface area contributed by atoms with Crippen molar-refractivity contribution in [2.75, 3.05) is 5.32 Å². The molecule has 1 saturated carbocycles. The molecule has 2 N–H and O–H groups in total. The largest absolute Gasteiger partial charge is 0.444 e. The van der Waals surface area contributed by atoms with Crippen LogP contribution in [0.15, 0.2) is 36.4 Å². The van der Waals surface area contributed by atoms with Crippen LogP contribution >= 0.6 is 11.6 Å². The minimum Gasteiger partial charge on any atom is -0.444 e. The number of benzene rings is 2. The van der Waals surface area contributed by atoms with Crippen molar-refractivity contribution in [1.29, 1.82) is 0 Å². The molecule has 1 aliphatic rings. The number of para-hydroxylation sites is 1. The van der Waals surface area contributed by atoms with Crippen molar-refractivity contribution < 1.29 is 19.1 Å². The van der Waals surface area contributed by atoms with E-state index in [-0.39, 0.29) is 29.7 Å². The minimum atomic E-state index is -0.927. The maximum atomic E-state index is 14.3. The summed E-state index contributed by atoms with van der Waals surface area (Å²) in [4.78, 5) is 42.9. The summed E-state index contributed by atoms with van der Waals surface area (Å²) < 4.78 is 5.46. The molecule has 0 aliphatic heterocycles. The summed E-state index contributed by atoms with van der Waals surface area (Å²) in [6.07, 6.45) is 0.0975. The van der Waals surface area contributed by atoms with Gasteiger partial charge in [0.15, 0.2) is 0 Å². The Morgan fingerprint density at radius 1 is 1.05 bits per heavy atom. The van der Waals surface area contributed by atoms with Crippen molar-refractivity contribution in [2.45, 2.75) is 92.5 Å². The lowest BCUT2D eigenvalue weighted by Crippen LogP contribution is -2.55. The van der Waals surface area contributed by atoms with Gasteiger partial charge in [0.05, 0.1) is 10.7 Å². The standard InChI is InChI=1S/C31H42ClN3O4/c1-17(2)25(34-30(38)39-31(7,8)9)29(37)35(24-16-21(24)6)27(22-14-18(3)13-19(4)15-22)28(36)33-26-20(5)11-10-12-23(26)32/h10-15,17,21,24-25,27H,16H2,1-9H3,(H,33,36)(H,34,38). The molecular weight excluding hydrogens is 514 g/mol. The molecule has 2 aromatic rings. The highest BCUT2D eigenvalue weighted by Crippen LogP contribution is 2.42. The second kappa shape index (κ2) is 12.0. The van der Waals surface area contributed by atoms with Crippen LogP contribution in [0, 0.1) is 32.6 Å². The van der Waals surface area contributed by atoms with Crippen molar-refractivity contribution in [3.05, 3.63) is 63.7 Å². The highest BCUT2D eigenvalue weighted by atomic mass is 35.5. The predicted octanol–water partition coefficient (Wildman–Crippen LogP) is 6.73. The van der Waals surface area contributed by atoms with E-state index in [1.807, 2.05) is 65.0 Å². The minimum absolute atomic E-state index is 0.150. The SMILES string of the molecule is Cc1cc(C)cc(C(C(=O)Nc2c(C)cccc2Cl)N(C(=O)C(NC(=O)OC(C)(C)C)C(C)C)C2CC2C)c1. The third-order valence-electron chi connectivity index (χ3n) is 6.84. The first-order chi connectivity index (χ1) is 18.1. The molecule has 39 heavy (non-hydrogen) atoms.